The van der Waals surface area contributed by atoms with Gasteiger partial charge in [-0.05, 0) is 44.4 Å². The first-order valence-corrected chi connectivity index (χ1v) is 8.87. The lowest BCUT2D eigenvalue weighted by molar-refractivity contribution is 0.0929. The number of carbonyl (C=O) groups excluding carboxylic acids is 1. The predicted molar refractivity (Wildman–Crippen MR) is 92.9 cm³/mol. The Hall–Kier alpha value is -1.72. The Morgan fingerprint density at radius 1 is 1.39 bits per heavy atom. The van der Waals surface area contributed by atoms with Crippen LogP contribution in [0.25, 0.3) is 0 Å². The lowest BCUT2D eigenvalue weighted by Crippen LogP contribution is -2.31. The second-order valence-electron chi connectivity index (χ2n) is 6.04. The minimum Gasteiger partial charge on any atom is -0.389 e. The van der Waals surface area contributed by atoms with Crippen LogP contribution in [0.5, 0.6) is 0 Å². The third kappa shape index (κ3) is 3.03. The molecule has 0 aliphatic carbocycles. The third-order valence-electron chi connectivity index (χ3n) is 4.40. The highest BCUT2D eigenvalue weighted by molar-refractivity contribution is 7.99. The summed E-state index contributed by atoms with van der Waals surface area (Å²) in [5.41, 5.74) is 4.23. The second kappa shape index (κ2) is 6.42. The summed E-state index contributed by atoms with van der Waals surface area (Å²) in [4.78, 5) is 17.1. The number of aryl methyl sites for hydroxylation is 1. The fraction of sp³-hybridized carbons (Fsp3) is 0.389. The number of hydrogen-bond donors (Lipinski definition) is 3. The van der Waals surface area contributed by atoms with Crippen molar-refractivity contribution in [3.63, 3.8) is 0 Å². The van der Waals surface area contributed by atoms with Crippen LogP contribution >= 0.6 is 11.8 Å². The quantitative estimate of drug-likeness (QED) is 0.805. The molecule has 0 spiro atoms. The number of aromatic amines is 1. The van der Waals surface area contributed by atoms with Crippen LogP contribution in [0.3, 0.4) is 0 Å². The molecule has 0 saturated carbocycles. The van der Waals surface area contributed by atoms with Crippen molar-refractivity contribution in [2.45, 2.75) is 44.2 Å². The van der Waals surface area contributed by atoms with Gasteiger partial charge in [0.15, 0.2) is 0 Å². The topological polar surface area (TPSA) is 65.1 Å². The number of H-pyrrole nitrogens is 1. The number of aliphatic hydroxyl groups excluding tert-OH is 1. The highest BCUT2D eigenvalue weighted by Crippen LogP contribution is 2.36. The highest BCUT2D eigenvalue weighted by atomic mass is 32.2. The molecule has 23 heavy (non-hydrogen) atoms. The van der Waals surface area contributed by atoms with Crippen molar-refractivity contribution in [3.8, 4) is 0 Å². The maximum absolute atomic E-state index is 12.7. The first-order chi connectivity index (χ1) is 11.0. The van der Waals surface area contributed by atoms with E-state index in [4.69, 9.17) is 0 Å². The van der Waals surface area contributed by atoms with Gasteiger partial charge in [0.05, 0.1) is 12.1 Å². The lowest BCUT2D eigenvalue weighted by Gasteiger charge is -2.25. The van der Waals surface area contributed by atoms with Gasteiger partial charge in [-0.2, -0.15) is 0 Å². The molecular formula is C18H22N2O2S. The number of aromatic nitrogens is 1. The molecule has 2 heterocycles. The number of nitrogens with one attached hydrogen (secondary N) is 2. The largest absolute Gasteiger partial charge is 0.389 e. The standard InChI is InChI=1S/C18H22N2O2S/c1-10-16(12(3)21)11(2)19-17(10)18(22)20-14-8-9-23-15-7-5-4-6-13(14)15/h4-7,12,14,19,21H,8-9H2,1-3H3,(H,20,22)/t12-,14+/m1/s1. The van der Waals surface area contributed by atoms with E-state index in [-0.39, 0.29) is 11.9 Å². The van der Waals surface area contributed by atoms with Gasteiger partial charge < -0.3 is 15.4 Å². The molecule has 1 aliphatic heterocycles. The predicted octanol–water partition coefficient (Wildman–Crippen LogP) is 3.65. The Labute approximate surface area is 140 Å². The minimum atomic E-state index is -0.584. The average Bonchev–Trinajstić information content (AvgIpc) is 2.82. The van der Waals surface area contributed by atoms with E-state index in [1.54, 1.807) is 6.92 Å². The Morgan fingerprint density at radius 2 is 2.13 bits per heavy atom. The van der Waals surface area contributed by atoms with Gasteiger partial charge in [-0.15, -0.1) is 11.8 Å². The second-order valence-corrected chi connectivity index (χ2v) is 7.18. The molecule has 1 aromatic carbocycles. The van der Waals surface area contributed by atoms with E-state index < -0.39 is 6.10 Å². The molecule has 4 nitrogen and oxygen atoms in total. The summed E-state index contributed by atoms with van der Waals surface area (Å²) in [5, 5.41) is 13.0. The van der Waals surface area contributed by atoms with E-state index in [2.05, 4.69) is 22.4 Å². The van der Waals surface area contributed by atoms with Gasteiger partial charge in [-0.1, -0.05) is 18.2 Å². The number of carbonyl (C=O) groups is 1. The van der Waals surface area contributed by atoms with Crippen LogP contribution in [0.15, 0.2) is 29.2 Å². The van der Waals surface area contributed by atoms with Crippen LogP contribution in [0.4, 0.5) is 0 Å². The lowest BCUT2D eigenvalue weighted by atomic mass is 10.0. The molecule has 0 unspecified atom stereocenters. The molecule has 122 valence electrons. The molecule has 0 radical (unpaired) electrons. The van der Waals surface area contributed by atoms with Gasteiger partial charge >= 0.3 is 0 Å². The van der Waals surface area contributed by atoms with Crippen LogP contribution < -0.4 is 5.32 Å². The molecule has 1 amide bonds. The molecule has 3 N–H and O–H groups in total. The van der Waals surface area contributed by atoms with Crippen LogP contribution in [0.2, 0.25) is 0 Å². The Morgan fingerprint density at radius 3 is 2.83 bits per heavy atom. The number of hydrogen-bond acceptors (Lipinski definition) is 3. The third-order valence-corrected chi connectivity index (χ3v) is 5.53. The van der Waals surface area contributed by atoms with Gasteiger partial charge in [0, 0.05) is 21.9 Å². The van der Waals surface area contributed by atoms with Gasteiger partial charge in [-0.25, -0.2) is 0 Å². The molecule has 2 atom stereocenters. The molecule has 1 aromatic heterocycles. The summed E-state index contributed by atoms with van der Waals surface area (Å²) in [6, 6.07) is 8.27. The molecule has 2 aromatic rings. The van der Waals surface area contributed by atoms with Crippen molar-refractivity contribution in [2.24, 2.45) is 0 Å². The van der Waals surface area contributed by atoms with E-state index in [0.717, 1.165) is 29.0 Å². The molecule has 1 aliphatic rings. The SMILES string of the molecule is Cc1[nH]c(C(=O)N[C@H]2CCSc3ccccc32)c(C)c1[C@@H](C)O. The Balaban J connectivity index is 1.85. The van der Waals surface area contributed by atoms with Crippen LogP contribution in [-0.4, -0.2) is 21.8 Å². The maximum Gasteiger partial charge on any atom is 0.268 e. The van der Waals surface area contributed by atoms with Crippen molar-refractivity contribution >= 4 is 17.7 Å². The minimum absolute atomic E-state index is 0.0398. The van der Waals surface area contributed by atoms with Crippen molar-refractivity contribution in [3.05, 3.63) is 52.3 Å². The molecule has 0 saturated heterocycles. The van der Waals surface area contributed by atoms with E-state index in [1.807, 2.05) is 37.7 Å². The van der Waals surface area contributed by atoms with E-state index in [9.17, 15) is 9.90 Å². The van der Waals surface area contributed by atoms with Crippen LogP contribution in [-0.2, 0) is 0 Å². The van der Waals surface area contributed by atoms with Crippen LogP contribution in [0.1, 0.15) is 58.4 Å². The van der Waals surface area contributed by atoms with Gasteiger partial charge in [0.1, 0.15) is 5.69 Å². The summed E-state index contributed by atoms with van der Waals surface area (Å²) in [5.74, 6) is 0.896. The summed E-state index contributed by atoms with van der Waals surface area (Å²) in [6.45, 7) is 5.49. The Kier molecular flexibility index (Phi) is 4.50. The first-order valence-electron chi connectivity index (χ1n) is 7.88. The van der Waals surface area contributed by atoms with Crippen molar-refractivity contribution in [1.82, 2.24) is 10.3 Å². The zero-order valence-electron chi connectivity index (χ0n) is 13.6. The molecular weight excluding hydrogens is 308 g/mol. The number of thioether (sulfide) groups is 1. The summed E-state index contributed by atoms with van der Waals surface area (Å²) >= 11 is 1.84. The zero-order chi connectivity index (χ0) is 16.6. The normalized spacial score (nSPS) is 18.3. The zero-order valence-corrected chi connectivity index (χ0v) is 14.5. The fourth-order valence-corrected chi connectivity index (χ4v) is 4.47. The average molecular weight is 330 g/mol. The summed E-state index contributed by atoms with van der Waals surface area (Å²) in [6.07, 6.45) is 0.342. The first kappa shape index (κ1) is 16.1. The molecule has 0 fully saturated rings. The Bertz CT molecular complexity index is 737. The number of rotatable bonds is 3. The highest BCUT2D eigenvalue weighted by Gasteiger charge is 2.25. The number of fused-ring (bicyclic) bond motifs is 1. The van der Waals surface area contributed by atoms with Gasteiger partial charge in [0.2, 0.25) is 0 Å². The fourth-order valence-electron chi connectivity index (χ4n) is 3.34. The molecule has 5 heteroatoms. The number of benzene rings is 1. The smallest absolute Gasteiger partial charge is 0.268 e. The van der Waals surface area contributed by atoms with Crippen LogP contribution in [0, 0.1) is 13.8 Å². The molecule has 0 bridgehead atoms. The summed E-state index contributed by atoms with van der Waals surface area (Å²) < 4.78 is 0. The summed E-state index contributed by atoms with van der Waals surface area (Å²) in [7, 11) is 0. The van der Waals surface area contributed by atoms with Gasteiger partial charge in [0.25, 0.3) is 5.91 Å². The molecule has 3 rings (SSSR count). The van der Waals surface area contributed by atoms with Gasteiger partial charge in [-0.3, -0.25) is 4.79 Å². The van der Waals surface area contributed by atoms with E-state index >= 15 is 0 Å². The van der Waals surface area contributed by atoms with E-state index in [0.29, 0.717) is 5.69 Å². The number of aliphatic hydroxyl groups is 1. The monoisotopic (exact) mass is 330 g/mol. The van der Waals surface area contributed by atoms with Crippen molar-refractivity contribution in [1.29, 1.82) is 0 Å². The maximum atomic E-state index is 12.7. The van der Waals surface area contributed by atoms with Crippen molar-refractivity contribution < 1.29 is 9.90 Å². The number of amides is 1. The van der Waals surface area contributed by atoms with Crippen molar-refractivity contribution in [2.75, 3.05) is 5.75 Å². The van der Waals surface area contributed by atoms with E-state index in [1.165, 1.54) is 10.5 Å².